The molecule has 23 heavy (non-hydrogen) atoms. The molecule has 3 aromatic rings. The van der Waals surface area contributed by atoms with E-state index >= 15 is 0 Å². The minimum absolute atomic E-state index is 0.0816. The van der Waals surface area contributed by atoms with Crippen LogP contribution in [0, 0.1) is 0 Å². The molecular formula is C17H14ClN3O2. The fourth-order valence-corrected chi connectivity index (χ4v) is 2.45. The normalized spacial score (nSPS) is 10.5. The van der Waals surface area contributed by atoms with Gasteiger partial charge >= 0.3 is 0 Å². The lowest BCUT2D eigenvalue weighted by atomic mass is 10.2. The van der Waals surface area contributed by atoms with Crippen LogP contribution in [0.15, 0.2) is 65.6 Å². The molecule has 116 valence electrons. The summed E-state index contributed by atoms with van der Waals surface area (Å²) in [6.45, 7) is 0.0816. The minimum Gasteiger partial charge on any atom is -0.338 e. The Labute approximate surface area is 137 Å². The van der Waals surface area contributed by atoms with Gasteiger partial charge in [-0.15, -0.1) is 0 Å². The SMILES string of the molecule is O=C(Cn1ccc(=O)c2cc(Cl)ccc21)NNc1ccccc1. The topological polar surface area (TPSA) is 63.1 Å². The molecular weight excluding hydrogens is 314 g/mol. The summed E-state index contributed by atoms with van der Waals surface area (Å²) < 4.78 is 1.70. The summed E-state index contributed by atoms with van der Waals surface area (Å²) in [6, 6.07) is 15.8. The average Bonchev–Trinajstić information content (AvgIpc) is 2.57. The fraction of sp³-hybridized carbons (Fsp3) is 0.0588. The van der Waals surface area contributed by atoms with Gasteiger partial charge in [0.25, 0.3) is 5.91 Å². The van der Waals surface area contributed by atoms with Gasteiger partial charge in [-0.25, -0.2) is 0 Å². The second-order valence-corrected chi connectivity index (χ2v) is 5.44. The highest BCUT2D eigenvalue weighted by atomic mass is 35.5. The van der Waals surface area contributed by atoms with Crippen molar-refractivity contribution in [2.45, 2.75) is 6.54 Å². The zero-order valence-electron chi connectivity index (χ0n) is 12.1. The van der Waals surface area contributed by atoms with Gasteiger partial charge in [0, 0.05) is 22.7 Å². The largest absolute Gasteiger partial charge is 0.338 e. The summed E-state index contributed by atoms with van der Waals surface area (Å²) in [5.74, 6) is -0.228. The smallest absolute Gasteiger partial charge is 0.258 e. The standard InChI is InChI=1S/C17H14ClN3O2/c18-12-6-7-15-14(10-12)16(22)8-9-21(15)11-17(23)20-19-13-4-2-1-3-5-13/h1-10,19H,11H2,(H,20,23). The molecule has 0 bridgehead atoms. The van der Waals surface area contributed by atoms with Crippen LogP contribution >= 0.6 is 11.6 Å². The summed E-state index contributed by atoms with van der Waals surface area (Å²) in [5, 5.41) is 0.978. The van der Waals surface area contributed by atoms with Crippen LogP contribution < -0.4 is 16.3 Å². The predicted octanol–water partition coefficient (Wildman–Crippen LogP) is 2.80. The molecule has 1 amide bonds. The van der Waals surface area contributed by atoms with Crippen LogP contribution in [0.3, 0.4) is 0 Å². The number of nitrogens with one attached hydrogen (secondary N) is 2. The van der Waals surface area contributed by atoms with E-state index in [1.807, 2.05) is 30.3 Å². The molecule has 0 saturated carbocycles. The van der Waals surface area contributed by atoms with E-state index in [4.69, 9.17) is 11.6 Å². The average molecular weight is 328 g/mol. The molecule has 0 atom stereocenters. The Morgan fingerprint density at radius 2 is 1.87 bits per heavy atom. The third-order valence-corrected chi connectivity index (χ3v) is 3.61. The molecule has 6 heteroatoms. The Kier molecular flexibility index (Phi) is 4.30. The highest BCUT2D eigenvalue weighted by Gasteiger charge is 2.07. The van der Waals surface area contributed by atoms with Crippen molar-refractivity contribution in [3.8, 4) is 0 Å². The van der Waals surface area contributed by atoms with Gasteiger partial charge in [-0.1, -0.05) is 29.8 Å². The molecule has 0 aliphatic heterocycles. The van der Waals surface area contributed by atoms with Gasteiger partial charge in [0.2, 0.25) is 0 Å². The molecule has 2 N–H and O–H groups in total. The van der Waals surface area contributed by atoms with Crippen LogP contribution in [0.5, 0.6) is 0 Å². The van der Waals surface area contributed by atoms with Crippen molar-refractivity contribution in [1.29, 1.82) is 0 Å². The summed E-state index contributed by atoms with van der Waals surface area (Å²) in [7, 11) is 0. The number of amides is 1. The maximum absolute atomic E-state index is 12.1. The van der Waals surface area contributed by atoms with Crippen LogP contribution in [0.2, 0.25) is 5.02 Å². The molecule has 0 fully saturated rings. The number of hydrogen-bond acceptors (Lipinski definition) is 3. The van der Waals surface area contributed by atoms with E-state index < -0.39 is 0 Å². The monoisotopic (exact) mass is 327 g/mol. The second kappa shape index (κ2) is 6.54. The van der Waals surface area contributed by atoms with Crippen LogP contribution in [-0.2, 0) is 11.3 Å². The first kappa shape index (κ1) is 15.1. The molecule has 5 nitrogen and oxygen atoms in total. The van der Waals surface area contributed by atoms with Gasteiger partial charge in [0.05, 0.1) is 11.2 Å². The van der Waals surface area contributed by atoms with Gasteiger partial charge in [0.1, 0.15) is 6.54 Å². The van der Waals surface area contributed by atoms with Gasteiger partial charge in [-0.3, -0.25) is 20.4 Å². The third kappa shape index (κ3) is 3.52. The molecule has 0 radical (unpaired) electrons. The van der Waals surface area contributed by atoms with E-state index in [0.717, 1.165) is 5.69 Å². The lowest BCUT2D eigenvalue weighted by molar-refractivity contribution is -0.121. The first-order valence-corrected chi connectivity index (χ1v) is 7.40. The van der Waals surface area contributed by atoms with Crippen molar-refractivity contribution >= 4 is 34.1 Å². The number of carbonyl (C=O) groups excluding carboxylic acids is 1. The number of aromatic nitrogens is 1. The quantitative estimate of drug-likeness (QED) is 0.724. The number of benzene rings is 2. The van der Waals surface area contributed by atoms with E-state index in [1.54, 1.807) is 29.0 Å². The second-order valence-electron chi connectivity index (χ2n) is 5.01. The van der Waals surface area contributed by atoms with E-state index in [9.17, 15) is 9.59 Å². The van der Waals surface area contributed by atoms with E-state index in [-0.39, 0.29) is 17.9 Å². The highest BCUT2D eigenvalue weighted by molar-refractivity contribution is 6.31. The number of nitrogens with zero attached hydrogens (tertiary/aromatic N) is 1. The predicted molar refractivity (Wildman–Crippen MR) is 91.4 cm³/mol. The van der Waals surface area contributed by atoms with Crippen molar-refractivity contribution in [2.24, 2.45) is 0 Å². The number of fused-ring (bicyclic) bond motifs is 1. The lowest BCUT2D eigenvalue weighted by Gasteiger charge is -2.12. The number of carbonyl (C=O) groups is 1. The van der Waals surface area contributed by atoms with Crippen LogP contribution in [0.4, 0.5) is 5.69 Å². The molecule has 3 rings (SSSR count). The Morgan fingerprint density at radius 3 is 2.65 bits per heavy atom. The van der Waals surface area contributed by atoms with Gasteiger partial charge < -0.3 is 4.57 Å². The van der Waals surface area contributed by atoms with E-state index in [1.165, 1.54) is 6.07 Å². The summed E-state index contributed by atoms with van der Waals surface area (Å²) in [5.41, 5.74) is 6.79. The number of halogens is 1. The first-order chi connectivity index (χ1) is 11.1. The van der Waals surface area contributed by atoms with Crippen molar-refractivity contribution in [1.82, 2.24) is 9.99 Å². The summed E-state index contributed by atoms with van der Waals surface area (Å²) in [6.07, 6.45) is 1.60. The number of para-hydroxylation sites is 1. The number of anilines is 1. The Balaban J connectivity index is 1.77. The molecule has 0 aliphatic rings. The first-order valence-electron chi connectivity index (χ1n) is 7.02. The molecule has 1 aromatic heterocycles. The molecule has 1 heterocycles. The Morgan fingerprint density at radius 1 is 1.09 bits per heavy atom. The highest BCUT2D eigenvalue weighted by Crippen LogP contribution is 2.16. The number of rotatable bonds is 4. The van der Waals surface area contributed by atoms with E-state index in [0.29, 0.717) is 15.9 Å². The van der Waals surface area contributed by atoms with Crippen molar-refractivity contribution in [3.05, 3.63) is 76.0 Å². The maximum Gasteiger partial charge on any atom is 0.258 e. The Hall–Kier alpha value is -2.79. The van der Waals surface area contributed by atoms with Gasteiger partial charge in [-0.05, 0) is 30.3 Å². The molecule has 0 unspecified atom stereocenters. The van der Waals surface area contributed by atoms with Crippen molar-refractivity contribution in [2.75, 3.05) is 5.43 Å². The number of pyridine rings is 1. The zero-order chi connectivity index (χ0) is 16.2. The maximum atomic E-state index is 12.1. The van der Waals surface area contributed by atoms with Crippen LogP contribution in [-0.4, -0.2) is 10.5 Å². The summed E-state index contributed by atoms with van der Waals surface area (Å²) in [4.78, 5) is 24.0. The zero-order valence-corrected chi connectivity index (χ0v) is 12.9. The van der Waals surface area contributed by atoms with E-state index in [2.05, 4.69) is 10.9 Å². The molecule has 0 aliphatic carbocycles. The fourth-order valence-electron chi connectivity index (χ4n) is 2.28. The molecule has 2 aromatic carbocycles. The van der Waals surface area contributed by atoms with Gasteiger partial charge in [0.15, 0.2) is 5.43 Å². The summed E-state index contributed by atoms with van der Waals surface area (Å²) >= 11 is 5.93. The van der Waals surface area contributed by atoms with Gasteiger partial charge in [-0.2, -0.15) is 0 Å². The molecule has 0 spiro atoms. The minimum atomic E-state index is -0.228. The van der Waals surface area contributed by atoms with Crippen molar-refractivity contribution < 1.29 is 4.79 Å². The Bertz CT molecular complexity index is 907. The molecule has 0 saturated heterocycles. The number of hydrazine groups is 1. The van der Waals surface area contributed by atoms with Crippen LogP contribution in [0.25, 0.3) is 10.9 Å². The van der Waals surface area contributed by atoms with Crippen LogP contribution in [0.1, 0.15) is 0 Å². The lowest BCUT2D eigenvalue weighted by Crippen LogP contribution is -2.32. The van der Waals surface area contributed by atoms with Crippen molar-refractivity contribution in [3.63, 3.8) is 0 Å². The third-order valence-electron chi connectivity index (χ3n) is 3.37. The number of hydrogen-bond donors (Lipinski definition) is 2.